The minimum atomic E-state index is -0.0289. The molecule has 0 spiro atoms. The van der Waals surface area contributed by atoms with Crippen molar-refractivity contribution < 1.29 is 4.79 Å². The van der Waals surface area contributed by atoms with Crippen molar-refractivity contribution in [3.63, 3.8) is 0 Å². The lowest BCUT2D eigenvalue weighted by molar-refractivity contribution is 0.124. The van der Waals surface area contributed by atoms with E-state index < -0.39 is 0 Å². The van der Waals surface area contributed by atoms with Crippen LogP contribution in [-0.4, -0.2) is 59.0 Å². The number of piperidine rings is 1. The van der Waals surface area contributed by atoms with E-state index in [0.717, 1.165) is 11.9 Å². The number of aromatic nitrogens is 1. The van der Waals surface area contributed by atoms with Gasteiger partial charge in [-0.1, -0.05) is 6.92 Å². The van der Waals surface area contributed by atoms with E-state index >= 15 is 0 Å². The molecule has 1 aliphatic heterocycles. The fourth-order valence-electron chi connectivity index (χ4n) is 5.35. The summed E-state index contributed by atoms with van der Waals surface area (Å²) in [5.41, 5.74) is 7.17. The summed E-state index contributed by atoms with van der Waals surface area (Å²) in [6, 6.07) is 5.21. The molecule has 1 N–H and O–H groups in total. The van der Waals surface area contributed by atoms with Crippen LogP contribution in [0.2, 0.25) is 0 Å². The predicted octanol–water partition coefficient (Wildman–Crippen LogP) is 4.88. The maximum atomic E-state index is 12.7. The van der Waals surface area contributed by atoms with Crippen LogP contribution in [0.1, 0.15) is 57.1 Å². The molecule has 2 amide bonds. The van der Waals surface area contributed by atoms with Gasteiger partial charge >= 0.3 is 6.03 Å². The third-order valence-corrected chi connectivity index (χ3v) is 7.43. The Hall–Kier alpha value is -1.66. The topological polar surface area (TPSA) is 40.5 Å². The first-order valence-corrected chi connectivity index (χ1v) is 12.4. The summed E-state index contributed by atoms with van der Waals surface area (Å²) >= 11 is 1.79. The first-order chi connectivity index (χ1) is 14.1. The number of amides is 2. The molecule has 5 nitrogen and oxygen atoms in total. The number of nitrogens with zero attached hydrogens (tertiary/aromatic N) is 3. The van der Waals surface area contributed by atoms with E-state index in [4.69, 9.17) is 0 Å². The molecule has 1 fully saturated rings. The van der Waals surface area contributed by atoms with Crippen LogP contribution in [0.3, 0.4) is 0 Å². The van der Waals surface area contributed by atoms with E-state index in [2.05, 4.69) is 41.8 Å². The molecule has 1 saturated heterocycles. The number of nitrogens with one attached hydrogen (secondary N) is 1. The van der Waals surface area contributed by atoms with Crippen LogP contribution >= 0.6 is 11.8 Å². The number of hydrogen-bond donors (Lipinski definition) is 1. The monoisotopic (exact) mass is 414 g/mol. The lowest BCUT2D eigenvalue weighted by Crippen LogP contribution is -2.47. The largest absolute Gasteiger partial charge is 0.336 e. The van der Waals surface area contributed by atoms with Crippen LogP contribution < -0.4 is 5.43 Å². The summed E-state index contributed by atoms with van der Waals surface area (Å²) in [6.07, 6.45) is 9.16. The summed E-state index contributed by atoms with van der Waals surface area (Å²) in [5, 5.41) is 1.38. The fraction of sp³-hybridized carbons (Fsp3) is 0.609. The molecule has 0 bridgehead atoms. The maximum Gasteiger partial charge on any atom is 0.336 e. The second-order valence-corrected chi connectivity index (χ2v) is 9.16. The average molecular weight is 415 g/mol. The predicted molar refractivity (Wildman–Crippen MR) is 123 cm³/mol. The number of rotatable bonds is 6. The number of carbonyl (C=O) groups is 1. The van der Waals surface area contributed by atoms with Gasteiger partial charge < -0.3 is 4.90 Å². The van der Waals surface area contributed by atoms with Gasteiger partial charge in [0, 0.05) is 41.5 Å². The zero-order valence-corrected chi connectivity index (χ0v) is 19.0. The van der Waals surface area contributed by atoms with Crippen molar-refractivity contribution in [1.29, 1.82) is 0 Å². The molecule has 158 valence electrons. The van der Waals surface area contributed by atoms with Gasteiger partial charge in [-0.15, -0.1) is 11.8 Å². The molecule has 0 saturated carbocycles. The molecular weight excluding hydrogens is 380 g/mol. The van der Waals surface area contributed by atoms with Gasteiger partial charge in [-0.2, -0.15) is 0 Å². The van der Waals surface area contributed by atoms with Crippen molar-refractivity contribution in [3.8, 4) is 0 Å². The van der Waals surface area contributed by atoms with E-state index in [1.165, 1.54) is 53.8 Å². The Morgan fingerprint density at radius 2 is 2.07 bits per heavy atom. The number of likely N-dealkylation sites (tertiary alicyclic amines) is 1. The number of urea groups is 1. The van der Waals surface area contributed by atoms with Gasteiger partial charge in [-0.05, 0) is 82.1 Å². The maximum absolute atomic E-state index is 12.7. The summed E-state index contributed by atoms with van der Waals surface area (Å²) in [5.74, 6) is 0.603. The summed E-state index contributed by atoms with van der Waals surface area (Å²) in [4.78, 5) is 18.6. The molecule has 29 heavy (non-hydrogen) atoms. The van der Waals surface area contributed by atoms with Crippen molar-refractivity contribution >= 4 is 28.7 Å². The Morgan fingerprint density at radius 1 is 1.28 bits per heavy atom. The zero-order valence-electron chi connectivity index (χ0n) is 18.2. The molecule has 1 aliphatic carbocycles. The molecule has 4 rings (SSSR count). The lowest BCUT2D eigenvalue weighted by atomic mass is 9.75. The van der Waals surface area contributed by atoms with Gasteiger partial charge in [-0.25, -0.2) is 10.2 Å². The standard InChI is InChI=1S/C23H34N4OS/c1-5-10-26-11-8-9-18-19-13-17(29-4)14-21-22(19)16(12-20(18)26)15-27(21)24-23(28)25(6-2)7-3/h13-15,18,20H,5-12H2,1-4H3,(H,24,28)/t18-,20-/m1/s1. The Balaban J connectivity index is 1.78. The summed E-state index contributed by atoms with van der Waals surface area (Å²) < 4.78 is 1.98. The van der Waals surface area contributed by atoms with Gasteiger partial charge in [0.2, 0.25) is 0 Å². The van der Waals surface area contributed by atoms with Crippen molar-refractivity contribution in [2.75, 3.05) is 37.9 Å². The van der Waals surface area contributed by atoms with E-state index in [9.17, 15) is 4.79 Å². The first kappa shape index (κ1) is 20.6. The smallest absolute Gasteiger partial charge is 0.324 e. The van der Waals surface area contributed by atoms with Gasteiger partial charge in [-0.3, -0.25) is 9.58 Å². The van der Waals surface area contributed by atoms with Gasteiger partial charge in [0.05, 0.1) is 5.52 Å². The van der Waals surface area contributed by atoms with Crippen LogP contribution in [0.4, 0.5) is 4.79 Å². The lowest BCUT2D eigenvalue weighted by Gasteiger charge is -2.44. The molecule has 2 atom stereocenters. The van der Waals surface area contributed by atoms with Crippen molar-refractivity contribution in [1.82, 2.24) is 14.5 Å². The van der Waals surface area contributed by atoms with Crippen LogP contribution in [-0.2, 0) is 6.42 Å². The Kier molecular flexibility index (Phi) is 6.11. The van der Waals surface area contributed by atoms with E-state index in [1.54, 1.807) is 11.8 Å². The number of carbonyl (C=O) groups excluding carboxylic acids is 1. The van der Waals surface area contributed by atoms with E-state index in [1.807, 2.05) is 23.4 Å². The van der Waals surface area contributed by atoms with Crippen LogP contribution in [0.15, 0.2) is 23.2 Å². The average Bonchev–Trinajstić information content (AvgIpc) is 3.07. The van der Waals surface area contributed by atoms with Gasteiger partial charge in [0.25, 0.3) is 0 Å². The highest BCUT2D eigenvalue weighted by atomic mass is 32.2. The first-order valence-electron chi connectivity index (χ1n) is 11.1. The highest BCUT2D eigenvalue weighted by molar-refractivity contribution is 7.98. The second-order valence-electron chi connectivity index (χ2n) is 8.28. The Morgan fingerprint density at radius 3 is 2.76 bits per heavy atom. The van der Waals surface area contributed by atoms with Gasteiger partial charge in [0.15, 0.2) is 0 Å². The summed E-state index contributed by atoms with van der Waals surface area (Å²) in [7, 11) is 0. The van der Waals surface area contributed by atoms with Gasteiger partial charge in [0.1, 0.15) is 0 Å². The third kappa shape index (κ3) is 3.66. The fourth-order valence-corrected chi connectivity index (χ4v) is 5.82. The molecule has 1 aromatic heterocycles. The number of hydrogen-bond acceptors (Lipinski definition) is 3. The zero-order chi connectivity index (χ0) is 20.5. The molecule has 0 unspecified atom stereocenters. The second kappa shape index (κ2) is 8.60. The van der Waals surface area contributed by atoms with E-state index in [0.29, 0.717) is 25.0 Å². The number of benzene rings is 1. The van der Waals surface area contributed by atoms with Crippen molar-refractivity contribution in [2.24, 2.45) is 0 Å². The van der Waals surface area contributed by atoms with Crippen LogP contribution in [0.5, 0.6) is 0 Å². The minimum Gasteiger partial charge on any atom is -0.324 e. The molecule has 2 aliphatic rings. The van der Waals surface area contributed by atoms with Crippen LogP contribution in [0.25, 0.3) is 10.9 Å². The quantitative estimate of drug-likeness (QED) is 0.685. The molecule has 6 heteroatoms. The Labute approximate surface area is 178 Å². The number of fused-ring (bicyclic) bond motifs is 2. The molecule has 2 aromatic rings. The molecule has 0 radical (unpaired) electrons. The van der Waals surface area contributed by atoms with Crippen molar-refractivity contribution in [2.45, 2.75) is 63.3 Å². The molecular formula is C23H34N4OS. The Bertz CT molecular complexity index is 887. The highest BCUT2D eigenvalue weighted by Gasteiger charge is 2.38. The van der Waals surface area contributed by atoms with E-state index in [-0.39, 0.29) is 6.03 Å². The normalized spacial score (nSPS) is 21.2. The highest BCUT2D eigenvalue weighted by Crippen LogP contribution is 2.45. The minimum absolute atomic E-state index is 0.0289. The SMILES string of the molecule is CCCN1CCC[C@@H]2c3cc(SC)cc4c3c(cn4NC(=O)N(CC)CC)C[C@H]21. The third-order valence-electron chi connectivity index (χ3n) is 6.72. The molecule has 2 heterocycles. The number of thioether (sulfide) groups is 1. The van der Waals surface area contributed by atoms with Crippen molar-refractivity contribution in [3.05, 3.63) is 29.5 Å². The van der Waals surface area contributed by atoms with Crippen LogP contribution in [0, 0.1) is 0 Å². The molecule has 1 aromatic carbocycles. The summed E-state index contributed by atoms with van der Waals surface area (Å²) in [6.45, 7) is 10.2.